The highest BCUT2D eigenvalue weighted by Crippen LogP contribution is 2.42. The molecule has 0 spiro atoms. The Balaban J connectivity index is 1.91. The molecule has 1 amide bonds. The van der Waals surface area contributed by atoms with Crippen LogP contribution >= 0.6 is 23.2 Å². The Morgan fingerprint density at radius 3 is 2.30 bits per heavy atom. The summed E-state index contributed by atoms with van der Waals surface area (Å²) in [6, 6.07) is 11.5. The minimum absolute atomic E-state index is 0.167. The third kappa shape index (κ3) is 6.58. The number of nitrogens with one attached hydrogen (secondary N) is 1. The zero-order valence-electron chi connectivity index (χ0n) is 19.1. The van der Waals surface area contributed by atoms with Gasteiger partial charge in [-0.25, -0.2) is 0 Å². The highest BCUT2D eigenvalue weighted by Gasteiger charge is 2.33. The van der Waals surface area contributed by atoms with Crippen LogP contribution < -0.4 is 10.1 Å². The van der Waals surface area contributed by atoms with Crippen molar-refractivity contribution in [2.75, 3.05) is 5.32 Å². The van der Waals surface area contributed by atoms with Crippen molar-refractivity contribution in [1.29, 1.82) is 5.26 Å². The smallest absolute Gasteiger partial charge is 0.416 e. The Morgan fingerprint density at radius 1 is 1.11 bits per heavy atom. The van der Waals surface area contributed by atoms with Gasteiger partial charge in [0.2, 0.25) is 5.75 Å². The van der Waals surface area contributed by atoms with E-state index in [1.165, 1.54) is 18.2 Å². The number of nitriles is 1. The fraction of sp³-hybridized carbons (Fsp3) is 0.120. The number of benzene rings is 3. The van der Waals surface area contributed by atoms with Crippen LogP contribution in [-0.4, -0.2) is 10.8 Å². The fourth-order valence-corrected chi connectivity index (χ4v) is 3.83. The molecule has 0 fully saturated rings. The van der Waals surface area contributed by atoms with E-state index in [1.54, 1.807) is 25.1 Å². The topological polar surface area (TPSA) is 105 Å². The van der Waals surface area contributed by atoms with Gasteiger partial charge in [0, 0.05) is 11.8 Å². The van der Waals surface area contributed by atoms with E-state index in [4.69, 9.17) is 27.9 Å². The molecular weight excluding hydrogens is 534 g/mol. The van der Waals surface area contributed by atoms with Crippen LogP contribution in [-0.2, 0) is 11.0 Å². The molecule has 0 saturated carbocycles. The van der Waals surface area contributed by atoms with Crippen molar-refractivity contribution in [1.82, 2.24) is 0 Å². The van der Waals surface area contributed by atoms with E-state index in [2.05, 4.69) is 5.32 Å². The lowest BCUT2D eigenvalue weighted by Gasteiger charge is -2.13. The number of nitro benzene ring substituents is 1. The molecule has 0 atom stereocenters. The second-order valence-corrected chi connectivity index (χ2v) is 8.61. The highest BCUT2D eigenvalue weighted by molar-refractivity contribution is 6.37. The van der Waals surface area contributed by atoms with Gasteiger partial charge in [0.25, 0.3) is 5.91 Å². The molecule has 3 aromatic rings. The number of alkyl halides is 3. The van der Waals surface area contributed by atoms with Crippen LogP contribution in [0, 0.1) is 35.3 Å². The van der Waals surface area contributed by atoms with Gasteiger partial charge >= 0.3 is 11.9 Å². The van der Waals surface area contributed by atoms with Gasteiger partial charge in [-0.2, -0.15) is 18.4 Å². The lowest BCUT2D eigenvalue weighted by molar-refractivity contribution is -0.385. The number of ether oxygens (including phenoxy) is 1. The Hall–Kier alpha value is -4.07. The Morgan fingerprint density at radius 2 is 1.76 bits per heavy atom. The lowest BCUT2D eigenvalue weighted by atomic mass is 10.1. The van der Waals surface area contributed by atoms with Crippen molar-refractivity contribution in [3.05, 3.63) is 96.5 Å². The predicted octanol–water partition coefficient (Wildman–Crippen LogP) is 7.88. The monoisotopic (exact) mass is 549 g/mol. The first-order valence-corrected chi connectivity index (χ1v) is 11.1. The average molecular weight is 550 g/mol. The summed E-state index contributed by atoms with van der Waals surface area (Å²) in [5.74, 6) is -1.46. The van der Waals surface area contributed by atoms with Crippen molar-refractivity contribution in [3.63, 3.8) is 0 Å². The van der Waals surface area contributed by atoms with Gasteiger partial charge in [-0.05, 0) is 61.4 Å². The molecule has 0 aliphatic rings. The normalized spacial score (nSPS) is 11.6. The molecule has 0 heterocycles. The summed E-state index contributed by atoms with van der Waals surface area (Å²) in [6.45, 7) is 3.70. The summed E-state index contributed by atoms with van der Waals surface area (Å²) in [5.41, 5.74) is 0.119. The molecule has 0 aliphatic carbocycles. The van der Waals surface area contributed by atoms with Gasteiger partial charge in [-0.1, -0.05) is 40.9 Å². The summed E-state index contributed by atoms with van der Waals surface area (Å²) in [5, 5.41) is 23.1. The van der Waals surface area contributed by atoms with Gasteiger partial charge in [-0.15, -0.1) is 0 Å². The van der Waals surface area contributed by atoms with Gasteiger partial charge in [0.1, 0.15) is 11.6 Å². The Labute approximate surface area is 218 Å². The minimum Gasteiger partial charge on any atom is -0.447 e. The zero-order valence-corrected chi connectivity index (χ0v) is 20.6. The van der Waals surface area contributed by atoms with Crippen LogP contribution in [0.25, 0.3) is 6.08 Å². The number of nitro groups is 1. The summed E-state index contributed by atoms with van der Waals surface area (Å²) in [6.07, 6.45) is -3.57. The van der Waals surface area contributed by atoms with Crippen molar-refractivity contribution < 1.29 is 27.6 Å². The third-order valence-corrected chi connectivity index (χ3v) is 5.58. The number of carbonyl (C=O) groups excluding carboxylic acids is 1. The summed E-state index contributed by atoms with van der Waals surface area (Å²) in [4.78, 5) is 22.9. The number of rotatable bonds is 6. The summed E-state index contributed by atoms with van der Waals surface area (Å²) < 4.78 is 44.2. The molecule has 3 rings (SSSR count). The first-order chi connectivity index (χ1) is 17.3. The number of hydrogen-bond acceptors (Lipinski definition) is 5. The van der Waals surface area contributed by atoms with Gasteiger partial charge in [0.15, 0.2) is 5.75 Å². The molecule has 0 aromatic heterocycles. The second-order valence-electron chi connectivity index (χ2n) is 7.80. The minimum atomic E-state index is -4.80. The van der Waals surface area contributed by atoms with Crippen LogP contribution in [0.15, 0.2) is 54.1 Å². The molecule has 37 heavy (non-hydrogen) atoms. The first-order valence-electron chi connectivity index (χ1n) is 10.3. The van der Waals surface area contributed by atoms with E-state index in [-0.39, 0.29) is 26.9 Å². The summed E-state index contributed by atoms with van der Waals surface area (Å²) in [7, 11) is 0. The van der Waals surface area contributed by atoms with Crippen molar-refractivity contribution >= 4 is 46.6 Å². The molecule has 7 nitrogen and oxygen atoms in total. The highest BCUT2D eigenvalue weighted by atomic mass is 35.5. The maximum Gasteiger partial charge on any atom is 0.416 e. The van der Waals surface area contributed by atoms with Crippen LogP contribution in [0.3, 0.4) is 0 Å². The average Bonchev–Trinajstić information content (AvgIpc) is 2.80. The fourth-order valence-electron chi connectivity index (χ4n) is 3.25. The molecule has 190 valence electrons. The molecule has 3 aromatic carbocycles. The Kier molecular flexibility index (Phi) is 8.11. The molecule has 0 radical (unpaired) electrons. The molecule has 12 heteroatoms. The molecular formula is C25H16Cl2F3N3O4. The van der Waals surface area contributed by atoms with Gasteiger partial charge in [0.05, 0.1) is 20.5 Å². The number of hydrogen-bond donors (Lipinski definition) is 1. The SMILES string of the molecule is Cc1ccc(NC(=O)/C(C#N)=C/c2cc(Cl)c(Oc3ccc(C(F)(F)F)cc3[N+](=O)[O-])c(Cl)c2)c(C)c1. The number of nitrogens with zero attached hydrogens (tertiary/aromatic N) is 2. The van der Waals surface area contributed by atoms with E-state index in [0.29, 0.717) is 17.8 Å². The first kappa shape index (κ1) is 27.5. The van der Waals surface area contributed by atoms with Crippen molar-refractivity contribution in [2.45, 2.75) is 20.0 Å². The lowest BCUT2D eigenvalue weighted by Crippen LogP contribution is -2.14. The van der Waals surface area contributed by atoms with Crippen molar-refractivity contribution in [3.8, 4) is 17.6 Å². The molecule has 0 unspecified atom stereocenters. The van der Waals surface area contributed by atoms with E-state index >= 15 is 0 Å². The largest absolute Gasteiger partial charge is 0.447 e. The maximum absolute atomic E-state index is 12.9. The van der Waals surface area contributed by atoms with Crippen LogP contribution in [0.2, 0.25) is 10.0 Å². The maximum atomic E-state index is 12.9. The van der Waals surface area contributed by atoms with Gasteiger partial charge < -0.3 is 10.1 Å². The van der Waals surface area contributed by atoms with E-state index in [1.807, 2.05) is 13.0 Å². The predicted molar refractivity (Wildman–Crippen MR) is 133 cm³/mol. The van der Waals surface area contributed by atoms with Crippen LogP contribution in [0.4, 0.5) is 24.5 Å². The molecule has 0 saturated heterocycles. The molecule has 0 bridgehead atoms. The van der Waals surface area contributed by atoms with E-state index in [0.717, 1.165) is 17.2 Å². The third-order valence-electron chi connectivity index (χ3n) is 5.02. The zero-order chi connectivity index (χ0) is 27.5. The number of aryl methyl sites for hydroxylation is 2. The number of carbonyl (C=O) groups is 1. The second kappa shape index (κ2) is 10.9. The van der Waals surface area contributed by atoms with Crippen LogP contribution in [0.5, 0.6) is 11.5 Å². The standard InChI is InChI=1S/C25H16Cl2F3N3O4/c1-13-3-5-20(14(2)7-13)32-24(34)16(12-31)8-15-9-18(26)23(19(27)10-15)37-22-6-4-17(25(28,29)30)11-21(22)33(35)36/h3-11H,1-2H3,(H,32,34)/b16-8+. The Bertz CT molecular complexity index is 1460. The number of halogens is 5. The van der Waals surface area contributed by atoms with Gasteiger partial charge in [-0.3, -0.25) is 14.9 Å². The molecule has 1 N–H and O–H groups in total. The summed E-state index contributed by atoms with van der Waals surface area (Å²) >= 11 is 12.4. The molecule has 0 aliphatic heterocycles. The quantitative estimate of drug-likeness (QED) is 0.146. The van der Waals surface area contributed by atoms with E-state index in [9.17, 15) is 33.3 Å². The van der Waals surface area contributed by atoms with E-state index < -0.39 is 34.0 Å². The van der Waals surface area contributed by atoms with Crippen molar-refractivity contribution in [2.24, 2.45) is 0 Å². The number of anilines is 1. The van der Waals surface area contributed by atoms with Crippen LogP contribution in [0.1, 0.15) is 22.3 Å². The number of amides is 1.